The van der Waals surface area contributed by atoms with Crippen LogP contribution in [0.4, 0.5) is 0 Å². The molecule has 0 bridgehead atoms. The number of hydrogen-bond donors (Lipinski definition) is 1. The number of carbonyl (C=O) groups excluding carboxylic acids is 2. The van der Waals surface area contributed by atoms with E-state index in [1.807, 2.05) is 24.5 Å². The molecule has 0 radical (unpaired) electrons. The van der Waals surface area contributed by atoms with Crippen LogP contribution in [0.5, 0.6) is 0 Å². The highest BCUT2D eigenvalue weighted by Gasteiger charge is 2.45. The normalized spacial score (nSPS) is 12.2. The number of benzene rings is 3. The quantitative estimate of drug-likeness (QED) is 0.317. The molecule has 33 heavy (non-hydrogen) atoms. The minimum Gasteiger partial charge on any atom is -0.462 e. The first-order valence-corrected chi connectivity index (χ1v) is 14.4. The highest BCUT2D eigenvalue weighted by atomic mass is 32.2. The molecule has 6 heteroatoms. The van der Waals surface area contributed by atoms with Crippen molar-refractivity contribution in [2.75, 3.05) is 24.8 Å². The predicted octanol–water partition coefficient (Wildman–Crippen LogP) is 3.56. The van der Waals surface area contributed by atoms with E-state index in [1.165, 1.54) is 27.7 Å². The highest BCUT2D eigenvalue weighted by molar-refractivity contribution is 7.98. The van der Waals surface area contributed by atoms with Gasteiger partial charge in [-0.15, -0.1) is 0 Å². The Morgan fingerprint density at radius 2 is 1.27 bits per heavy atom. The van der Waals surface area contributed by atoms with E-state index in [9.17, 15) is 9.59 Å². The monoisotopic (exact) mass is 480 g/mol. The van der Waals surface area contributed by atoms with Gasteiger partial charge in [-0.25, -0.2) is 0 Å². The van der Waals surface area contributed by atoms with Crippen molar-refractivity contribution in [3.63, 3.8) is 0 Å². The van der Waals surface area contributed by atoms with Crippen molar-refractivity contribution >= 4 is 46.7 Å². The van der Waals surface area contributed by atoms with E-state index in [4.69, 9.17) is 10.5 Å². The summed E-state index contributed by atoms with van der Waals surface area (Å²) in [6.45, 7) is 0.288. The number of Topliss-reactive ketones (excluding diaryl/α,β-unsaturated/α-hetero) is 1. The Bertz CT molecular complexity index is 919. The number of ketones is 1. The third kappa shape index (κ3) is 6.54. The van der Waals surface area contributed by atoms with Crippen LogP contribution in [-0.4, -0.2) is 42.6 Å². The van der Waals surface area contributed by atoms with Gasteiger partial charge in [-0.3, -0.25) is 9.59 Å². The molecule has 4 nitrogen and oxygen atoms in total. The molecule has 3 aromatic carbocycles. The molecular formula is C27H31NO3PS+. The summed E-state index contributed by atoms with van der Waals surface area (Å²) in [5, 5.41) is 3.74. The molecule has 0 heterocycles. The van der Waals surface area contributed by atoms with E-state index in [1.54, 1.807) is 0 Å². The summed E-state index contributed by atoms with van der Waals surface area (Å²) in [7, 11) is -2.04. The first-order valence-electron chi connectivity index (χ1n) is 11.1. The summed E-state index contributed by atoms with van der Waals surface area (Å²) in [6.07, 6.45) is 2.78. The van der Waals surface area contributed by atoms with E-state index in [0.717, 1.165) is 0 Å². The number of esters is 1. The topological polar surface area (TPSA) is 69.4 Å². The van der Waals surface area contributed by atoms with Gasteiger partial charge in [0.1, 0.15) is 35.9 Å². The Morgan fingerprint density at radius 1 is 0.818 bits per heavy atom. The molecule has 0 amide bonds. The van der Waals surface area contributed by atoms with Gasteiger partial charge in [0.05, 0.1) is 12.5 Å². The van der Waals surface area contributed by atoms with Crippen molar-refractivity contribution < 1.29 is 14.3 Å². The van der Waals surface area contributed by atoms with Crippen LogP contribution in [-0.2, 0) is 14.3 Å². The van der Waals surface area contributed by atoms with Gasteiger partial charge in [-0.1, -0.05) is 54.6 Å². The molecule has 0 fully saturated rings. The number of rotatable bonds is 12. The van der Waals surface area contributed by atoms with Crippen molar-refractivity contribution in [2.24, 2.45) is 5.73 Å². The molecule has 3 rings (SSSR count). The third-order valence-electron chi connectivity index (χ3n) is 5.62. The second kappa shape index (κ2) is 12.7. The number of ether oxygens (including phenoxy) is 1. The Kier molecular flexibility index (Phi) is 9.68. The maximum Gasteiger partial charge on any atom is 0.306 e. The fraction of sp³-hybridized carbons (Fsp3) is 0.259. The van der Waals surface area contributed by atoms with Crippen LogP contribution in [0.2, 0.25) is 0 Å². The molecule has 0 aliphatic carbocycles. The maximum absolute atomic E-state index is 12.4. The smallest absolute Gasteiger partial charge is 0.306 e. The Hall–Kier alpha value is -2.46. The lowest BCUT2D eigenvalue weighted by atomic mass is 10.1. The molecule has 0 saturated carbocycles. The molecule has 1 atom stereocenters. The predicted molar refractivity (Wildman–Crippen MR) is 142 cm³/mol. The fourth-order valence-electron chi connectivity index (χ4n) is 3.93. The van der Waals surface area contributed by atoms with Crippen LogP contribution >= 0.6 is 19.0 Å². The maximum atomic E-state index is 12.4. The van der Waals surface area contributed by atoms with Gasteiger partial charge in [-0.2, -0.15) is 11.8 Å². The van der Waals surface area contributed by atoms with Gasteiger partial charge in [0.25, 0.3) is 0 Å². The van der Waals surface area contributed by atoms with Crippen molar-refractivity contribution in [3.8, 4) is 0 Å². The van der Waals surface area contributed by atoms with Gasteiger partial charge >= 0.3 is 5.97 Å². The van der Waals surface area contributed by atoms with Gasteiger partial charge in [0, 0.05) is 12.2 Å². The zero-order valence-electron chi connectivity index (χ0n) is 18.9. The third-order valence-corrected chi connectivity index (χ3v) is 10.7. The molecule has 0 aliphatic rings. The average molecular weight is 481 g/mol. The number of thioether (sulfide) groups is 1. The van der Waals surface area contributed by atoms with E-state index < -0.39 is 13.3 Å². The molecule has 0 aromatic heterocycles. The minimum absolute atomic E-state index is 0.0639. The lowest BCUT2D eigenvalue weighted by molar-refractivity contribution is -0.144. The first kappa shape index (κ1) is 25.2. The minimum atomic E-state index is -2.04. The van der Waals surface area contributed by atoms with Crippen LogP contribution in [0.15, 0.2) is 91.0 Å². The van der Waals surface area contributed by atoms with Gasteiger partial charge in [0.2, 0.25) is 0 Å². The molecule has 0 spiro atoms. The molecule has 172 valence electrons. The lowest BCUT2D eigenvalue weighted by Gasteiger charge is -2.27. The SMILES string of the molecule is CSCC(N)C(=O)CCC(=O)OCC[P+](c1ccccc1)(c1ccccc1)c1ccccc1. The summed E-state index contributed by atoms with van der Waals surface area (Å²) >= 11 is 1.52. The van der Waals surface area contributed by atoms with E-state index in [0.29, 0.717) is 11.9 Å². The molecule has 3 aromatic rings. The highest BCUT2D eigenvalue weighted by Crippen LogP contribution is 2.54. The van der Waals surface area contributed by atoms with Crippen molar-refractivity contribution in [2.45, 2.75) is 18.9 Å². The fourth-order valence-corrected chi connectivity index (χ4v) is 8.56. The van der Waals surface area contributed by atoms with Crippen LogP contribution in [0.1, 0.15) is 12.8 Å². The van der Waals surface area contributed by atoms with E-state index >= 15 is 0 Å². The van der Waals surface area contributed by atoms with Gasteiger partial charge in [-0.05, 0) is 42.7 Å². The average Bonchev–Trinajstić information content (AvgIpc) is 2.87. The van der Waals surface area contributed by atoms with Crippen LogP contribution < -0.4 is 21.6 Å². The largest absolute Gasteiger partial charge is 0.462 e. The van der Waals surface area contributed by atoms with E-state index in [2.05, 4.69) is 72.8 Å². The zero-order valence-corrected chi connectivity index (χ0v) is 20.6. The molecule has 1 unspecified atom stereocenters. The van der Waals surface area contributed by atoms with Gasteiger partial charge in [0.15, 0.2) is 5.78 Å². The summed E-state index contributed by atoms with van der Waals surface area (Å²) < 4.78 is 5.64. The summed E-state index contributed by atoms with van der Waals surface area (Å²) in [4.78, 5) is 24.5. The molecule has 0 aliphatic heterocycles. The number of carbonyl (C=O) groups is 2. The second-order valence-corrected chi connectivity index (χ2v) is 12.3. The summed E-state index contributed by atoms with van der Waals surface area (Å²) in [5.41, 5.74) is 5.85. The number of hydrogen-bond acceptors (Lipinski definition) is 5. The second-order valence-electron chi connectivity index (χ2n) is 7.79. The van der Waals surface area contributed by atoms with Crippen molar-refractivity contribution in [1.29, 1.82) is 0 Å². The number of nitrogens with two attached hydrogens (primary N) is 1. The van der Waals surface area contributed by atoms with Crippen LogP contribution in [0.3, 0.4) is 0 Å². The van der Waals surface area contributed by atoms with Crippen molar-refractivity contribution in [3.05, 3.63) is 91.0 Å². The van der Waals surface area contributed by atoms with Crippen molar-refractivity contribution in [1.82, 2.24) is 0 Å². The molecule has 2 N–H and O–H groups in total. The summed E-state index contributed by atoms with van der Waals surface area (Å²) in [5.74, 6) is 0.111. The standard InChI is InChI=1S/C27H31NO3PS/c1-33-21-25(28)26(29)17-18-27(30)31-19-20-32(22-11-5-2-6-12-22,23-13-7-3-8-14-23)24-15-9-4-10-16-24/h2-16,25H,17-21,28H2,1H3/q+1. The Morgan fingerprint density at radius 3 is 1.70 bits per heavy atom. The first-order chi connectivity index (χ1) is 16.1. The van der Waals surface area contributed by atoms with E-state index in [-0.39, 0.29) is 31.2 Å². The summed E-state index contributed by atoms with van der Waals surface area (Å²) in [6, 6.07) is 30.9. The lowest BCUT2D eigenvalue weighted by Crippen LogP contribution is -2.35. The molecular weight excluding hydrogens is 449 g/mol. The molecule has 0 saturated heterocycles. The van der Waals surface area contributed by atoms with Gasteiger partial charge < -0.3 is 10.5 Å². The Balaban J connectivity index is 1.80. The van der Waals surface area contributed by atoms with Crippen LogP contribution in [0.25, 0.3) is 0 Å². The Labute approximate surface area is 201 Å². The van der Waals surface area contributed by atoms with Crippen LogP contribution in [0, 0.1) is 0 Å². The zero-order chi connectivity index (χ0) is 23.5.